The molecule has 0 amide bonds. The standard InChI is InChI=1S/C7H18N2O/c1-8-5-6-9-4-2-3-7-10/h8-10H,2-7H2,1H3. The lowest BCUT2D eigenvalue weighted by Crippen LogP contribution is -2.25. The molecule has 0 radical (unpaired) electrons. The molecule has 3 heteroatoms. The molecule has 0 aromatic rings. The van der Waals surface area contributed by atoms with Crippen LogP contribution >= 0.6 is 0 Å². The zero-order valence-corrected chi connectivity index (χ0v) is 6.69. The highest BCUT2D eigenvalue weighted by Gasteiger charge is 1.85. The van der Waals surface area contributed by atoms with Crippen LogP contribution in [0.5, 0.6) is 0 Å². The molecule has 0 aliphatic rings. The van der Waals surface area contributed by atoms with E-state index in [9.17, 15) is 0 Å². The third-order valence-corrected chi connectivity index (χ3v) is 1.31. The lowest BCUT2D eigenvalue weighted by molar-refractivity contribution is 0.284. The number of hydrogen-bond donors (Lipinski definition) is 3. The molecule has 0 aliphatic carbocycles. The molecule has 10 heavy (non-hydrogen) atoms. The van der Waals surface area contributed by atoms with E-state index in [0.717, 1.165) is 32.5 Å². The molecule has 0 fully saturated rings. The van der Waals surface area contributed by atoms with Gasteiger partial charge in [-0.1, -0.05) is 0 Å². The van der Waals surface area contributed by atoms with Crippen LogP contribution in [0.15, 0.2) is 0 Å². The van der Waals surface area contributed by atoms with Gasteiger partial charge in [-0.25, -0.2) is 0 Å². The Morgan fingerprint density at radius 3 is 2.50 bits per heavy atom. The van der Waals surface area contributed by atoms with Gasteiger partial charge in [-0.15, -0.1) is 0 Å². The third-order valence-electron chi connectivity index (χ3n) is 1.31. The van der Waals surface area contributed by atoms with E-state index >= 15 is 0 Å². The summed E-state index contributed by atoms with van der Waals surface area (Å²) in [6, 6.07) is 0. The van der Waals surface area contributed by atoms with Crippen LogP contribution in [0, 0.1) is 0 Å². The summed E-state index contributed by atoms with van der Waals surface area (Å²) in [6.07, 6.45) is 1.98. The monoisotopic (exact) mass is 146 g/mol. The Bertz CT molecular complexity index is 51.6. The first-order chi connectivity index (χ1) is 4.91. The summed E-state index contributed by atoms with van der Waals surface area (Å²) in [5.74, 6) is 0. The summed E-state index contributed by atoms with van der Waals surface area (Å²) in [4.78, 5) is 0. The van der Waals surface area contributed by atoms with Crippen molar-refractivity contribution in [3.63, 3.8) is 0 Å². The first-order valence-electron chi connectivity index (χ1n) is 3.88. The maximum atomic E-state index is 8.43. The van der Waals surface area contributed by atoms with Crippen LogP contribution in [-0.4, -0.2) is 38.4 Å². The van der Waals surface area contributed by atoms with Crippen molar-refractivity contribution in [3.05, 3.63) is 0 Å². The summed E-state index contributed by atoms with van der Waals surface area (Å²) in [5.41, 5.74) is 0. The van der Waals surface area contributed by atoms with E-state index in [1.165, 1.54) is 0 Å². The highest BCUT2D eigenvalue weighted by Crippen LogP contribution is 1.82. The minimum absolute atomic E-state index is 0.313. The Kier molecular flexibility index (Phi) is 8.77. The average molecular weight is 146 g/mol. The van der Waals surface area contributed by atoms with Crippen LogP contribution < -0.4 is 10.6 Å². The van der Waals surface area contributed by atoms with Gasteiger partial charge < -0.3 is 15.7 Å². The second-order valence-electron chi connectivity index (χ2n) is 2.28. The molecule has 0 saturated heterocycles. The first kappa shape index (κ1) is 9.88. The molecule has 0 aromatic carbocycles. The van der Waals surface area contributed by atoms with E-state index in [2.05, 4.69) is 10.6 Å². The van der Waals surface area contributed by atoms with Gasteiger partial charge in [0.25, 0.3) is 0 Å². The normalized spacial score (nSPS) is 10.2. The van der Waals surface area contributed by atoms with Crippen molar-refractivity contribution >= 4 is 0 Å². The maximum Gasteiger partial charge on any atom is 0.0431 e. The van der Waals surface area contributed by atoms with Crippen LogP contribution in [0.4, 0.5) is 0 Å². The number of hydrogen-bond acceptors (Lipinski definition) is 3. The largest absolute Gasteiger partial charge is 0.396 e. The van der Waals surface area contributed by atoms with Crippen LogP contribution in [-0.2, 0) is 0 Å². The van der Waals surface area contributed by atoms with Crippen LogP contribution in [0.25, 0.3) is 0 Å². The third kappa shape index (κ3) is 7.88. The van der Waals surface area contributed by atoms with Gasteiger partial charge in [0.1, 0.15) is 0 Å². The summed E-state index contributed by atoms with van der Waals surface area (Å²) < 4.78 is 0. The predicted octanol–water partition coefficient (Wildman–Crippen LogP) is -0.432. The van der Waals surface area contributed by atoms with Gasteiger partial charge in [0.15, 0.2) is 0 Å². The minimum Gasteiger partial charge on any atom is -0.396 e. The number of likely N-dealkylation sites (N-methyl/N-ethyl adjacent to an activating group) is 1. The van der Waals surface area contributed by atoms with Gasteiger partial charge in [-0.05, 0) is 26.4 Å². The lowest BCUT2D eigenvalue weighted by atomic mass is 10.3. The summed E-state index contributed by atoms with van der Waals surface area (Å²) in [6.45, 7) is 3.36. The zero-order valence-electron chi connectivity index (χ0n) is 6.69. The van der Waals surface area contributed by atoms with Gasteiger partial charge in [-0.2, -0.15) is 0 Å². The molecule has 0 saturated carbocycles. The smallest absolute Gasteiger partial charge is 0.0431 e. The first-order valence-corrected chi connectivity index (χ1v) is 3.88. The van der Waals surface area contributed by atoms with E-state index in [-0.39, 0.29) is 0 Å². The highest BCUT2D eigenvalue weighted by molar-refractivity contribution is 4.48. The van der Waals surface area contributed by atoms with Gasteiger partial charge in [0.2, 0.25) is 0 Å². The number of rotatable bonds is 7. The molecule has 0 heterocycles. The molecule has 3 nitrogen and oxygen atoms in total. The second-order valence-corrected chi connectivity index (χ2v) is 2.28. The van der Waals surface area contributed by atoms with E-state index in [1.807, 2.05) is 7.05 Å². The van der Waals surface area contributed by atoms with Gasteiger partial charge in [0.05, 0.1) is 0 Å². The van der Waals surface area contributed by atoms with Crippen molar-refractivity contribution in [2.75, 3.05) is 33.3 Å². The molecular formula is C7H18N2O. The summed E-state index contributed by atoms with van der Waals surface area (Å²) in [5, 5.41) is 14.7. The lowest BCUT2D eigenvalue weighted by Gasteiger charge is -2.01. The van der Waals surface area contributed by atoms with Crippen molar-refractivity contribution in [1.82, 2.24) is 10.6 Å². The molecule has 0 aliphatic heterocycles. The average Bonchev–Trinajstić information content (AvgIpc) is 1.97. The Hall–Kier alpha value is -0.120. The van der Waals surface area contributed by atoms with Crippen LogP contribution in [0.2, 0.25) is 0 Å². The number of aliphatic hydroxyl groups excluding tert-OH is 1. The molecule has 0 aromatic heterocycles. The Labute approximate surface area is 62.8 Å². The summed E-state index contributed by atoms with van der Waals surface area (Å²) in [7, 11) is 1.94. The van der Waals surface area contributed by atoms with Gasteiger partial charge in [-0.3, -0.25) is 0 Å². The van der Waals surface area contributed by atoms with Crippen molar-refractivity contribution in [3.8, 4) is 0 Å². The molecule has 0 bridgehead atoms. The molecule has 0 unspecified atom stereocenters. The fourth-order valence-corrected chi connectivity index (χ4v) is 0.700. The highest BCUT2D eigenvalue weighted by atomic mass is 16.2. The SMILES string of the molecule is CNCCNCCCCO. The van der Waals surface area contributed by atoms with Crippen LogP contribution in [0.1, 0.15) is 12.8 Å². The van der Waals surface area contributed by atoms with E-state index < -0.39 is 0 Å². The van der Waals surface area contributed by atoms with E-state index in [1.54, 1.807) is 0 Å². The number of unbranched alkanes of at least 4 members (excludes halogenated alkanes) is 1. The predicted molar refractivity (Wildman–Crippen MR) is 43.1 cm³/mol. The minimum atomic E-state index is 0.313. The van der Waals surface area contributed by atoms with Gasteiger partial charge >= 0.3 is 0 Å². The molecule has 0 rings (SSSR count). The second kappa shape index (κ2) is 8.88. The van der Waals surface area contributed by atoms with Crippen molar-refractivity contribution < 1.29 is 5.11 Å². The Morgan fingerprint density at radius 1 is 1.10 bits per heavy atom. The number of aliphatic hydroxyl groups is 1. The zero-order chi connectivity index (χ0) is 7.66. The Balaban J connectivity index is 2.65. The fraction of sp³-hybridized carbons (Fsp3) is 1.00. The summed E-state index contributed by atoms with van der Waals surface area (Å²) >= 11 is 0. The van der Waals surface area contributed by atoms with Crippen molar-refractivity contribution in [1.29, 1.82) is 0 Å². The molecule has 0 spiro atoms. The van der Waals surface area contributed by atoms with Crippen molar-refractivity contribution in [2.45, 2.75) is 12.8 Å². The van der Waals surface area contributed by atoms with E-state index in [4.69, 9.17) is 5.11 Å². The van der Waals surface area contributed by atoms with Crippen LogP contribution in [0.3, 0.4) is 0 Å². The maximum absolute atomic E-state index is 8.43. The quantitative estimate of drug-likeness (QED) is 0.427. The topological polar surface area (TPSA) is 44.3 Å². The number of nitrogens with one attached hydrogen (secondary N) is 2. The molecule has 62 valence electrons. The van der Waals surface area contributed by atoms with Gasteiger partial charge in [0, 0.05) is 19.7 Å². The fourth-order valence-electron chi connectivity index (χ4n) is 0.700. The molecule has 0 atom stereocenters. The van der Waals surface area contributed by atoms with Crippen molar-refractivity contribution in [2.24, 2.45) is 0 Å². The van der Waals surface area contributed by atoms with E-state index in [0.29, 0.717) is 6.61 Å². The molecule has 3 N–H and O–H groups in total. The Morgan fingerprint density at radius 2 is 1.90 bits per heavy atom. The molecular weight excluding hydrogens is 128 g/mol.